The zero-order chi connectivity index (χ0) is 16.1. The first-order chi connectivity index (χ1) is 11.2. The molecular formula is C19H18FNO2. The lowest BCUT2D eigenvalue weighted by molar-refractivity contribution is 0.0637. The minimum absolute atomic E-state index is 0.129. The van der Waals surface area contributed by atoms with Crippen molar-refractivity contribution in [1.29, 1.82) is 0 Å². The number of allylic oxidation sites excluding steroid dienone is 1. The van der Waals surface area contributed by atoms with Crippen LogP contribution >= 0.6 is 0 Å². The largest absolute Gasteiger partial charge is 0.378 e. The van der Waals surface area contributed by atoms with Crippen molar-refractivity contribution in [1.82, 2.24) is 4.90 Å². The van der Waals surface area contributed by atoms with Gasteiger partial charge in [-0.2, -0.15) is 0 Å². The first kappa shape index (κ1) is 15.4. The van der Waals surface area contributed by atoms with Crippen molar-refractivity contribution >= 4 is 11.5 Å². The molecule has 0 spiro atoms. The Morgan fingerprint density at radius 1 is 0.957 bits per heavy atom. The third kappa shape index (κ3) is 3.85. The molecule has 1 aliphatic rings. The molecule has 1 fully saturated rings. The second-order valence-corrected chi connectivity index (χ2v) is 5.37. The zero-order valence-corrected chi connectivity index (χ0v) is 12.7. The Bertz CT molecular complexity index is 689. The average Bonchev–Trinajstić information content (AvgIpc) is 2.61. The van der Waals surface area contributed by atoms with Gasteiger partial charge in [-0.25, -0.2) is 4.39 Å². The molecule has 0 N–H and O–H groups in total. The molecule has 118 valence electrons. The maximum absolute atomic E-state index is 13.0. The van der Waals surface area contributed by atoms with Crippen molar-refractivity contribution in [2.45, 2.75) is 0 Å². The number of ether oxygens (including phenoxy) is 1. The van der Waals surface area contributed by atoms with E-state index < -0.39 is 0 Å². The summed E-state index contributed by atoms with van der Waals surface area (Å²) in [5, 5.41) is 0. The van der Waals surface area contributed by atoms with Crippen LogP contribution in [0.2, 0.25) is 0 Å². The van der Waals surface area contributed by atoms with Gasteiger partial charge in [0.1, 0.15) is 5.82 Å². The molecule has 1 aliphatic heterocycles. The first-order valence-electron chi connectivity index (χ1n) is 7.64. The molecule has 23 heavy (non-hydrogen) atoms. The molecule has 3 rings (SSSR count). The summed E-state index contributed by atoms with van der Waals surface area (Å²) in [7, 11) is 0. The number of halogens is 1. The predicted molar refractivity (Wildman–Crippen MR) is 87.5 cm³/mol. The van der Waals surface area contributed by atoms with Gasteiger partial charge < -0.3 is 9.64 Å². The van der Waals surface area contributed by atoms with Gasteiger partial charge in [-0.05, 0) is 29.8 Å². The average molecular weight is 311 g/mol. The topological polar surface area (TPSA) is 29.5 Å². The molecule has 4 heteroatoms. The van der Waals surface area contributed by atoms with Crippen molar-refractivity contribution in [3.05, 3.63) is 77.6 Å². The summed E-state index contributed by atoms with van der Waals surface area (Å²) in [4.78, 5) is 14.7. The molecule has 0 amide bonds. The van der Waals surface area contributed by atoms with Crippen molar-refractivity contribution in [3.8, 4) is 0 Å². The van der Waals surface area contributed by atoms with Crippen molar-refractivity contribution in [2.24, 2.45) is 0 Å². The highest BCUT2D eigenvalue weighted by Gasteiger charge is 2.17. The van der Waals surface area contributed by atoms with Gasteiger partial charge in [-0.3, -0.25) is 4.79 Å². The second kappa shape index (κ2) is 7.20. The number of nitrogens with zero attached hydrogens (tertiary/aromatic N) is 1. The van der Waals surface area contributed by atoms with E-state index in [-0.39, 0.29) is 11.6 Å². The minimum Gasteiger partial charge on any atom is -0.378 e. The molecule has 2 aromatic carbocycles. The summed E-state index contributed by atoms with van der Waals surface area (Å²) >= 11 is 0. The highest BCUT2D eigenvalue weighted by molar-refractivity contribution is 6.08. The predicted octanol–water partition coefficient (Wildman–Crippen LogP) is 3.38. The van der Waals surface area contributed by atoms with Crippen LogP contribution in [-0.2, 0) is 4.74 Å². The van der Waals surface area contributed by atoms with E-state index in [2.05, 4.69) is 4.90 Å². The van der Waals surface area contributed by atoms with Crippen LogP contribution in [0.15, 0.2) is 60.7 Å². The van der Waals surface area contributed by atoms with Crippen LogP contribution in [0.4, 0.5) is 4.39 Å². The Hall–Kier alpha value is -2.46. The maximum atomic E-state index is 13.0. The quantitative estimate of drug-likeness (QED) is 0.640. The Balaban J connectivity index is 1.93. The third-order valence-electron chi connectivity index (χ3n) is 3.82. The molecule has 1 saturated heterocycles. The van der Waals surface area contributed by atoms with Crippen LogP contribution in [0.25, 0.3) is 5.70 Å². The van der Waals surface area contributed by atoms with Crippen molar-refractivity contribution < 1.29 is 13.9 Å². The van der Waals surface area contributed by atoms with Gasteiger partial charge in [0.25, 0.3) is 0 Å². The number of benzene rings is 2. The Labute approximate surface area is 135 Å². The molecule has 0 saturated carbocycles. The highest BCUT2D eigenvalue weighted by Crippen LogP contribution is 2.21. The van der Waals surface area contributed by atoms with Crippen molar-refractivity contribution in [3.63, 3.8) is 0 Å². The highest BCUT2D eigenvalue weighted by atomic mass is 19.1. The van der Waals surface area contributed by atoms with Crippen LogP contribution in [0.3, 0.4) is 0 Å². The van der Waals surface area contributed by atoms with E-state index in [1.165, 1.54) is 24.3 Å². The van der Waals surface area contributed by atoms with Gasteiger partial charge in [-0.1, -0.05) is 30.3 Å². The molecule has 3 nitrogen and oxygen atoms in total. The van der Waals surface area contributed by atoms with Gasteiger partial charge in [0.05, 0.1) is 13.2 Å². The summed E-state index contributed by atoms with van der Waals surface area (Å²) in [6.07, 6.45) is 1.63. The van der Waals surface area contributed by atoms with Gasteiger partial charge in [0.2, 0.25) is 0 Å². The van der Waals surface area contributed by atoms with Crippen LogP contribution in [0, 0.1) is 5.82 Å². The van der Waals surface area contributed by atoms with E-state index in [9.17, 15) is 9.18 Å². The summed E-state index contributed by atoms with van der Waals surface area (Å²) in [6, 6.07) is 15.4. The van der Waals surface area contributed by atoms with Gasteiger partial charge >= 0.3 is 0 Å². The lowest BCUT2D eigenvalue weighted by atomic mass is 10.1. The molecule has 0 aromatic heterocycles. The number of ketones is 1. The van der Waals surface area contributed by atoms with Gasteiger partial charge in [0, 0.05) is 30.4 Å². The Morgan fingerprint density at radius 2 is 1.61 bits per heavy atom. The summed E-state index contributed by atoms with van der Waals surface area (Å²) in [5.74, 6) is -0.475. The monoisotopic (exact) mass is 311 g/mol. The first-order valence-corrected chi connectivity index (χ1v) is 7.64. The van der Waals surface area contributed by atoms with E-state index in [1.54, 1.807) is 6.08 Å². The SMILES string of the molecule is O=C(/C=C(/c1ccccc1)N1CCOCC1)c1ccc(F)cc1. The summed E-state index contributed by atoms with van der Waals surface area (Å²) < 4.78 is 18.4. The van der Waals surface area contributed by atoms with E-state index in [1.807, 2.05) is 30.3 Å². The summed E-state index contributed by atoms with van der Waals surface area (Å²) in [5.41, 5.74) is 2.35. The van der Waals surface area contributed by atoms with E-state index in [0.29, 0.717) is 18.8 Å². The number of morpholine rings is 1. The minimum atomic E-state index is -0.345. The Morgan fingerprint density at radius 3 is 2.26 bits per heavy atom. The van der Waals surface area contributed by atoms with Gasteiger partial charge in [0.15, 0.2) is 5.78 Å². The van der Waals surface area contributed by atoms with E-state index >= 15 is 0 Å². The van der Waals surface area contributed by atoms with E-state index in [0.717, 1.165) is 24.4 Å². The molecule has 2 aromatic rings. The molecule has 1 heterocycles. The number of carbonyl (C=O) groups is 1. The molecule has 0 aliphatic carbocycles. The van der Waals surface area contributed by atoms with Crippen molar-refractivity contribution in [2.75, 3.05) is 26.3 Å². The number of carbonyl (C=O) groups excluding carboxylic acids is 1. The van der Waals surface area contributed by atoms with Gasteiger partial charge in [-0.15, -0.1) is 0 Å². The maximum Gasteiger partial charge on any atom is 0.187 e. The molecule has 0 bridgehead atoms. The Kier molecular flexibility index (Phi) is 4.83. The molecule has 0 radical (unpaired) electrons. The lowest BCUT2D eigenvalue weighted by Crippen LogP contribution is -2.35. The fourth-order valence-corrected chi connectivity index (χ4v) is 2.59. The van der Waals surface area contributed by atoms with Crippen LogP contribution in [0.1, 0.15) is 15.9 Å². The number of hydrogen-bond donors (Lipinski definition) is 0. The van der Waals surface area contributed by atoms with Crippen LogP contribution in [-0.4, -0.2) is 37.0 Å². The van der Waals surface area contributed by atoms with Crippen LogP contribution in [0.5, 0.6) is 0 Å². The molecule has 0 unspecified atom stereocenters. The molecular weight excluding hydrogens is 293 g/mol. The normalized spacial score (nSPS) is 15.5. The summed E-state index contributed by atoms with van der Waals surface area (Å²) in [6.45, 7) is 2.79. The third-order valence-corrected chi connectivity index (χ3v) is 3.82. The standard InChI is InChI=1S/C19H18FNO2/c20-17-8-6-16(7-9-17)19(22)14-18(15-4-2-1-3-5-15)21-10-12-23-13-11-21/h1-9,14H,10-13H2/b18-14-. The molecule has 0 atom stereocenters. The van der Waals surface area contributed by atoms with E-state index in [4.69, 9.17) is 4.74 Å². The smallest absolute Gasteiger partial charge is 0.187 e. The number of rotatable bonds is 4. The fourth-order valence-electron chi connectivity index (χ4n) is 2.59. The van der Waals surface area contributed by atoms with Crippen LogP contribution < -0.4 is 0 Å². The zero-order valence-electron chi connectivity index (χ0n) is 12.7. The fraction of sp³-hybridized carbons (Fsp3) is 0.211. The number of hydrogen-bond acceptors (Lipinski definition) is 3. The lowest BCUT2D eigenvalue weighted by Gasteiger charge is -2.31. The second-order valence-electron chi connectivity index (χ2n) is 5.37.